The lowest BCUT2D eigenvalue weighted by Gasteiger charge is -2.19. The van der Waals surface area contributed by atoms with Gasteiger partial charge in [-0.1, -0.05) is 12.1 Å². The number of rotatable bonds is 7. The number of carbonyl (C=O) groups is 2. The molecule has 0 saturated heterocycles. The van der Waals surface area contributed by atoms with Gasteiger partial charge in [-0.2, -0.15) is 0 Å². The minimum Gasteiger partial charge on any atom is -0.462 e. The zero-order valence-electron chi connectivity index (χ0n) is 21.2. The van der Waals surface area contributed by atoms with Crippen molar-refractivity contribution in [3.63, 3.8) is 0 Å². The van der Waals surface area contributed by atoms with Crippen molar-refractivity contribution in [2.45, 2.75) is 72.1 Å². The molecule has 0 unspecified atom stereocenters. The molecule has 0 bridgehead atoms. The molecule has 0 aliphatic heterocycles. The van der Waals surface area contributed by atoms with E-state index in [2.05, 4.69) is 22.5 Å². The highest BCUT2D eigenvalue weighted by atomic mass is 16.6. The molecule has 0 spiro atoms. The Balaban J connectivity index is 1.71. The second-order valence-electron chi connectivity index (χ2n) is 10.2. The summed E-state index contributed by atoms with van der Waals surface area (Å²) in [7, 11) is 0. The maximum atomic E-state index is 12.7. The largest absolute Gasteiger partial charge is 0.462 e. The van der Waals surface area contributed by atoms with Gasteiger partial charge in [-0.3, -0.25) is 0 Å². The molecule has 2 aromatic heterocycles. The summed E-state index contributed by atoms with van der Waals surface area (Å²) in [6, 6.07) is 7.49. The number of alkyl carbamates (subject to hydrolysis) is 1. The number of aromatic amines is 1. The van der Waals surface area contributed by atoms with Gasteiger partial charge in [0.25, 0.3) is 0 Å². The van der Waals surface area contributed by atoms with Crippen LogP contribution >= 0.6 is 0 Å². The number of hydrogen-bond donors (Lipinski definition) is 3. The molecule has 1 aromatic carbocycles. The molecule has 3 aromatic rings. The lowest BCUT2D eigenvalue weighted by molar-refractivity contribution is 0.0502. The number of amides is 1. The molecule has 1 aliphatic rings. The molecule has 1 aliphatic carbocycles. The molecule has 1 saturated carbocycles. The van der Waals surface area contributed by atoms with Crippen LogP contribution < -0.4 is 10.6 Å². The van der Waals surface area contributed by atoms with Crippen LogP contribution in [0.2, 0.25) is 0 Å². The highest BCUT2D eigenvalue weighted by molar-refractivity contribution is 5.96. The maximum absolute atomic E-state index is 12.7. The zero-order chi connectivity index (χ0) is 25.4. The SMILES string of the molecule is CCOC(=O)c1cc(-c2cccc3nc(C)c(NC4(C)CC4)nc23)[nH]c1CNC(=O)OC(C)(C)C. The van der Waals surface area contributed by atoms with Gasteiger partial charge in [0.15, 0.2) is 0 Å². The Kier molecular flexibility index (Phi) is 6.44. The first-order valence-electron chi connectivity index (χ1n) is 11.9. The van der Waals surface area contributed by atoms with E-state index in [4.69, 9.17) is 19.4 Å². The van der Waals surface area contributed by atoms with Crippen LogP contribution in [0.25, 0.3) is 22.3 Å². The van der Waals surface area contributed by atoms with Gasteiger partial charge < -0.3 is 25.1 Å². The first-order chi connectivity index (χ1) is 16.5. The number of aromatic nitrogens is 3. The predicted octanol–water partition coefficient (Wildman–Crippen LogP) is 5.10. The van der Waals surface area contributed by atoms with Gasteiger partial charge in [0, 0.05) is 22.5 Å². The van der Waals surface area contributed by atoms with Gasteiger partial charge in [0.2, 0.25) is 0 Å². The number of esters is 1. The average Bonchev–Trinajstić information content (AvgIpc) is 3.33. The Labute approximate surface area is 205 Å². The molecule has 0 atom stereocenters. The zero-order valence-corrected chi connectivity index (χ0v) is 21.2. The number of hydrogen-bond acceptors (Lipinski definition) is 7. The molecule has 2 heterocycles. The van der Waals surface area contributed by atoms with Crippen LogP contribution in [0.5, 0.6) is 0 Å². The Bertz CT molecular complexity index is 1270. The quantitative estimate of drug-likeness (QED) is 0.404. The van der Waals surface area contributed by atoms with E-state index >= 15 is 0 Å². The predicted molar refractivity (Wildman–Crippen MR) is 134 cm³/mol. The molecule has 9 nitrogen and oxygen atoms in total. The molecule has 0 radical (unpaired) electrons. The van der Waals surface area contributed by atoms with E-state index < -0.39 is 17.7 Å². The molecule has 9 heteroatoms. The summed E-state index contributed by atoms with van der Waals surface area (Å²) in [6.07, 6.45) is 1.63. The number of fused-ring (bicyclic) bond motifs is 1. The fourth-order valence-corrected chi connectivity index (χ4v) is 3.75. The van der Waals surface area contributed by atoms with Crippen LogP contribution in [0.4, 0.5) is 10.6 Å². The summed E-state index contributed by atoms with van der Waals surface area (Å²) in [5.41, 5.74) is 4.09. The van der Waals surface area contributed by atoms with E-state index in [9.17, 15) is 9.59 Å². The Morgan fingerprint density at radius 1 is 1.20 bits per heavy atom. The highest BCUT2D eigenvalue weighted by Crippen LogP contribution is 2.39. The number of aryl methyl sites for hydroxylation is 1. The molecule has 1 fully saturated rings. The number of ether oxygens (including phenoxy) is 2. The number of para-hydroxylation sites is 1. The average molecular weight is 480 g/mol. The summed E-state index contributed by atoms with van der Waals surface area (Å²) in [6.45, 7) is 11.6. The van der Waals surface area contributed by atoms with Gasteiger partial charge in [0.05, 0.1) is 29.9 Å². The fraction of sp³-hybridized carbons (Fsp3) is 0.462. The number of carbonyl (C=O) groups excluding carboxylic acids is 2. The highest BCUT2D eigenvalue weighted by Gasteiger charge is 2.38. The third kappa shape index (κ3) is 5.72. The van der Waals surface area contributed by atoms with Crippen LogP contribution in [-0.4, -0.2) is 44.8 Å². The summed E-state index contributed by atoms with van der Waals surface area (Å²) in [5.74, 6) is 0.288. The number of nitrogens with one attached hydrogen (secondary N) is 3. The summed E-state index contributed by atoms with van der Waals surface area (Å²) in [5, 5.41) is 6.22. The Hall–Kier alpha value is -3.62. The van der Waals surface area contributed by atoms with Crippen LogP contribution in [-0.2, 0) is 16.0 Å². The summed E-state index contributed by atoms with van der Waals surface area (Å²) >= 11 is 0. The van der Waals surface area contributed by atoms with Gasteiger partial charge >= 0.3 is 12.1 Å². The number of benzene rings is 1. The molecular formula is C26H33N5O4. The number of H-pyrrole nitrogens is 1. The van der Waals surface area contributed by atoms with Crippen molar-refractivity contribution >= 4 is 28.9 Å². The Morgan fingerprint density at radius 2 is 1.94 bits per heavy atom. The van der Waals surface area contributed by atoms with Crippen LogP contribution in [0, 0.1) is 6.92 Å². The van der Waals surface area contributed by atoms with E-state index in [1.54, 1.807) is 33.8 Å². The number of anilines is 1. The second kappa shape index (κ2) is 9.20. The van der Waals surface area contributed by atoms with E-state index in [1.165, 1.54) is 0 Å². The van der Waals surface area contributed by atoms with Crippen molar-refractivity contribution in [2.24, 2.45) is 0 Å². The van der Waals surface area contributed by atoms with E-state index in [-0.39, 0.29) is 18.7 Å². The van der Waals surface area contributed by atoms with Crippen molar-refractivity contribution < 1.29 is 19.1 Å². The standard InChI is InChI=1S/C26H33N5O4/c1-7-34-23(32)17-13-19(29-20(17)14-27-24(33)35-25(3,4)5)16-9-8-10-18-21(16)30-22(15(2)28-18)31-26(6)11-12-26/h8-10,13,29H,7,11-12,14H2,1-6H3,(H,27,33)(H,30,31). The Morgan fingerprint density at radius 3 is 2.60 bits per heavy atom. The van der Waals surface area contributed by atoms with Crippen LogP contribution in [0.3, 0.4) is 0 Å². The molecule has 35 heavy (non-hydrogen) atoms. The molecular weight excluding hydrogens is 446 g/mol. The normalized spacial score (nSPS) is 14.5. The first kappa shape index (κ1) is 24.5. The van der Waals surface area contributed by atoms with Gasteiger partial charge in [-0.15, -0.1) is 0 Å². The third-order valence-electron chi connectivity index (χ3n) is 5.78. The molecule has 3 N–H and O–H groups in total. The van der Waals surface area contributed by atoms with Crippen molar-refractivity contribution in [3.8, 4) is 11.3 Å². The smallest absolute Gasteiger partial charge is 0.407 e. The van der Waals surface area contributed by atoms with E-state index in [0.717, 1.165) is 35.4 Å². The topological polar surface area (TPSA) is 118 Å². The minimum absolute atomic E-state index is 0.0616. The van der Waals surface area contributed by atoms with Gasteiger partial charge in [-0.25, -0.2) is 19.6 Å². The fourth-order valence-electron chi connectivity index (χ4n) is 3.75. The van der Waals surface area contributed by atoms with Crippen LogP contribution in [0.1, 0.15) is 69.2 Å². The van der Waals surface area contributed by atoms with Crippen molar-refractivity contribution in [2.75, 3.05) is 11.9 Å². The summed E-state index contributed by atoms with van der Waals surface area (Å²) < 4.78 is 10.6. The lowest BCUT2D eigenvalue weighted by atomic mass is 10.1. The minimum atomic E-state index is -0.627. The van der Waals surface area contributed by atoms with Crippen molar-refractivity contribution in [1.29, 1.82) is 0 Å². The molecule has 186 valence electrons. The van der Waals surface area contributed by atoms with E-state index in [0.29, 0.717) is 22.5 Å². The van der Waals surface area contributed by atoms with Gasteiger partial charge in [-0.05, 0) is 66.5 Å². The third-order valence-corrected chi connectivity index (χ3v) is 5.78. The van der Waals surface area contributed by atoms with Gasteiger partial charge in [0.1, 0.15) is 16.9 Å². The monoisotopic (exact) mass is 479 g/mol. The van der Waals surface area contributed by atoms with Crippen molar-refractivity contribution in [1.82, 2.24) is 20.3 Å². The lowest BCUT2D eigenvalue weighted by Crippen LogP contribution is -2.32. The summed E-state index contributed by atoms with van der Waals surface area (Å²) in [4.78, 5) is 37.8. The number of nitrogens with zero attached hydrogens (tertiary/aromatic N) is 2. The molecule has 1 amide bonds. The second-order valence-corrected chi connectivity index (χ2v) is 10.2. The maximum Gasteiger partial charge on any atom is 0.407 e. The molecule has 4 rings (SSSR count). The van der Waals surface area contributed by atoms with Crippen LogP contribution in [0.15, 0.2) is 24.3 Å². The van der Waals surface area contributed by atoms with Crippen molar-refractivity contribution in [3.05, 3.63) is 41.2 Å². The first-order valence-corrected chi connectivity index (χ1v) is 11.9. The van der Waals surface area contributed by atoms with E-state index in [1.807, 2.05) is 25.1 Å².